The fraction of sp³-hybridized carbons (Fsp3) is 0.0833. The molecule has 2 heteroatoms. The zero-order chi connectivity index (χ0) is 9.97. The highest BCUT2D eigenvalue weighted by molar-refractivity contribution is 6.30. The van der Waals surface area contributed by atoms with E-state index in [9.17, 15) is 0 Å². The van der Waals surface area contributed by atoms with Crippen LogP contribution < -0.4 is 0 Å². The first kappa shape index (κ1) is 9.35. The Labute approximate surface area is 88.3 Å². The Morgan fingerprint density at radius 1 is 1.14 bits per heavy atom. The third-order valence-corrected chi connectivity index (χ3v) is 2.33. The van der Waals surface area contributed by atoms with Crippen LogP contribution in [0.1, 0.15) is 5.76 Å². The van der Waals surface area contributed by atoms with E-state index in [-0.39, 0.29) is 0 Å². The van der Waals surface area contributed by atoms with Gasteiger partial charge in [-0.05, 0) is 30.7 Å². The van der Waals surface area contributed by atoms with Crippen molar-refractivity contribution in [2.24, 2.45) is 0 Å². The van der Waals surface area contributed by atoms with Crippen molar-refractivity contribution in [1.29, 1.82) is 0 Å². The van der Waals surface area contributed by atoms with Crippen LogP contribution in [0.4, 0.5) is 0 Å². The van der Waals surface area contributed by atoms with E-state index in [0.29, 0.717) is 6.42 Å². The second-order valence-electron chi connectivity index (χ2n) is 3.06. The van der Waals surface area contributed by atoms with Gasteiger partial charge in [-0.2, -0.15) is 0 Å². The van der Waals surface area contributed by atoms with Gasteiger partial charge in [-0.25, -0.2) is 0 Å². The van der Waals surface area contributed by atoms with Crippen molar-refractivity contribution in [1.82, 2.24) is 0 Å². The Bertz CT molecular complexity index is 414. The summed E-state index contributed by atoms with van der Waals surface area (Å²) in [4.78, 5) is 0. The van der Waals surface area contributed by atoms with E-state index in [4.69, 9.17) is 16.0 Å². The summed E-state index contributed by atoms with van der Waals surface area (Å²) in [5.41, 5.74) is 2.18. The summed E-state index contributed by atoms with van der Waals surface area (Å²) in [6, 6.07) is 9.68. The van der Waals surface area contributed by atoms with E-state index in [1.807, 2.05) is 30.3 Å². The van der Waals surface area contributed by atoms with Crippen LogP contribution >= 0.6 is 11.6 Å². The number of rotatable bonds is 2. The molecule has 2 rings (SSSR count). The lowest BCUT2D eigenvalue weighted by Crippen LogP contribution is -1.73. The van der Waals surface area contributed by atoms with Gasteiger partial charge in [0.15, 0.2) is 0 Å². The average Bonchev–Trinajstić information content (AvgIpc) is 2.67. The van der Waals surface area contributed by atoms with Crippen molar-refractivity contribution in [3.8, 4) is 11.1 Å². The summed E-state index contributed by atoms with van der Waals surface area (Å²) >= 11 is 5.80. The SMILES string of the molecule is [CH2]Cc1cc(-c2ccc(Cl)cc2)co1. The summed E-state index contributed by atoms with van der Waals surface area (Å²) in [7, 11) is 0. The molecule has 1 nitrogen and oxygen atoms in total. The van der Waals surface area contributed by atoms with E-state index >= 15 is 0 Å². The maximum Gasteiger partial charge on any atom is 0.104 e. The van der Waals surface area contributed by atoms with E-state index in [1.165, 1.54) is 0 Å². The fourth-order valence-corrected chi connectivity index (χ4v) is 1.43. The van der Waals surface area contributed by atoms with Crippen molar-refractivity contribution in [3.63, 3.8) is 0 Å². The van der Waals surface area contributed by atoms with Gasteiger partial charge >= 0.3 is 0 Å². The minimum Gasteiger partial charge on any atom is -0.469 e. The molecule has 1 radical (unpaired) electrons. The molecule has 0 unspecified atom stereocenters. The molecule has 0 fully saturated rings. The molecule has 0 bridgehead atoms. The summed E-state index contributed by atoms with van der Waals surface area (Å²) in [6.45, 7) is 3.76. The first-order chi connectivity index (χ1) is 6.79. The maximum atomic E-state index is 5.80. The van der Waals surface area contributed by atoms with Gasteiger partial charge in [0.1, 0.15) is 5.76 Å². The van der Waals surface area contributed by atoms with E-state index in [0.717, 1.165) is 21.9 Å². The smallest absolute Gasteiger partial charge is 0.104 e. The monoisotopic (exact) mass is 205 g/mol. The molecule has 0 N–H and O–H groups in total. The molecule has 2 aromatic rings. The zero-order valence-corrected chi connectivity index (χ0v) is 8.42. The molecule has 0 atom stereocenters. The molecule has 1 heterocycles. The molecule has 0 aliphatic rings. The molecular formula is C12H10ClO. The fourth-order valence-electron chi connectivity index (χ4n) is 1.31. The molecule has 14 heavy (non-hydrogen) atoms. The Hall–Kier alpha value is -1.21. The van der Waals surface area contributed by atoms with E-state index in [2.05, 4.69) is 6.92 Å². The number of furan rings is 1. The second-order valence-corrected chi connectivity index (χ2v) is 3.50. The van der Waals surface area contributed by atoms with Crippen LogP contribution in [-0.4, -0.2) is 0 Å². The van der Waals surface area contributed by atoms with Gasteiger partial charge in [0.05, 0.1) is 6.26 Å². The molecular weight excluding hydrogens is 196 g/mol. The lowest BCUT2D eigenvalue weighted by molar-refractivity contribution is 0.523. The van der Waals surface area contributed by atoms with Gasteiger partial charge in [-0.3, -0.25) is 0 Å². The predicted molar refractivity (Wildman–Crippen MR) is 58.2 cm³/mol. The summed E-state index contributed by atoms with van der Waals surface area (Å²) in [6.07, 6.45) is 2.41. The third-order valence-electron chi connectivity index (χ3n) is 2.08. The van der Waals surface area contributed by atoms with Crippen LogP contribution in [0.5, 0.6) is 0 Å². The van der Waals surface area contributed by atoms with Crippen molar-refractivity contribution in [2.45, 2.75) is 6.42 Å². The van der Waals surface area contributed by atoms with Gasteiger partial charge in [0.2, 0.25) is 0 Å². The quantitative estimate of drug-likeness (QED) is 0.723. The van der Waals surface area contributed by atoms with Gasteiger partial charge in [0, 0.05) is 17.0 Å². The normalized spacial score (nSPS) is 10.4. The van der Waals surface area contributed by atoms with Crippen molar-refractivity contribution in [3.05, 3.63) is 54.3 Å². The molecule has 0 aliphatic carbocycles. The summed E-state index contributed by atoms with van der Waals surface area (Å²) in [5.74, 6) is 0.898. The Kier molecular flexibility index (Phi) is 2.60. The highest BCUT2D eigenvalue weighted by atomic mass is 35.5. The predicted octanol–water partition coefficient (Wildman–Crippen LogP) is 3.98. The van der Waals surface area contributed by atoms with Crippen LogP contribution in [0.25, 0.3) is 11.1 Å². The van der Waals surface area contributed by atoms with Crippen molar-refractivity contribution >= 4 is 11.6 Å². The van der Waals surface area contributed by atoms with Gasteiger partial charge in [-0.1, -0.05) is 23.7 Å². The lowest BCUT2D eigenvalue weighted by Gasteiger charge is -1.95. The first-order valence-corrected chi connectivity index (χ1v) is 4.80. The lowest BCUT2D eigenvalue weighted by atomic mass is 10.1. The van der Waals surface area contributed by atoms with Gasteiger partial charge in [-0.15, -0.1) is 0 Å². The summed E-state index contributed by atoms with van der Waals surface area (Å²) < 4.78 is 5.30. The topological polar surface area (TPSA) is 13.1 Å². The third kappa shape index (κ3) is 1.83. The van der Waals surface area contributed by atoms with Crippen LogP contribution in [0.2, 0.25) is 5.02 Å². The number of hydrogen-bond acceptors (Lipinski definition) is 1. The minimum absolute atomic E-state index is 0.674. The Morgan fingerprint density at radius 3 is 2.43 bits per heavy atom. The van der Waals surface area contributed by atoms with Crippen molar-refractivity contribution < 1.29 is 4.42 Å². The molecule has 0 saturated heterocycles. The van der Waals surface area contributed by atoms with E-state index < -0.39 is 0 Å². The molecule has 0 aliphatic heterocycles. The standard InChI is InChI=1S/C12H10ClO/c1-2-12-7-10(8-14-12)9-3-5-11(13)6-4-9/h3-8H,1-2H2. The number of benzene rings is 1. The molecule has 0 amide bonds. The minimum atomic E-state index is 0.674. The Balaban J connectivity index is 2.34. The molecule has 1 aromatic heterocycles. The van der Waals surface area contributed by atoms with Gasteiger partial charge in [0.25, 0.3) is 0 Å². The number of halogens is 1. The van der Waals surface area contributed by atoms with Crippen LogP contribution in [-0.2, 0) is 6.42 Å². The second kappa shape index (κ2) is 3.89. The zero-order valence-electron chi connectivity index (χ0n) is 7.66. The first-order valence-electron chi connectivity index (χ1n) is 4.42. The number of hydrogen-bond donors (Lipinski definition) is 0. The molecule has 0 saturated carbocycles. The van der Waals surface area contributed by atoms with Crippen LogP contribution in [0, 0.1) is 6.92 Å². The van der Waals surface area contributed by atoms with Crippen LogP contribution in [0.15, 0.2) is 41.0 Å². The Morgan fingerprint density at radius 2 is 1.86 bits per heavy atom. The maximum absolute atomic E-state index is 5.80. The largest absolute Gasteiger partial charge is 0.469 e. The summed E-state index contributed by atoms with van der Waals surface area (Å²) in [5, 5.41) is 0.745. The molecule has 71 valence electrons. The van der Waals surface area contributed by atoms with Crippen molar-refractivity contribution in [2.75, 3.05) is 0 Å². The highest BCUT2D eigenvalue weighted by Crippen LogP contribution is 2.23. The van der Waals surface area contributed by atoms with Crippen LogP contribution in [0.3, 0.4) is 0 Å². The molecule has 1 aromatic carbocycles. The van der Waals surface area contributed by atoms with E-state index in [1.54, 1.807) is 6.26 Å². The van der Waals surface area contributed by atoms with Gasteiger partial charge < -0.3 is 4.42 Å². The average molecular weight is 206 g/mol. The highest BCUT2D eigenvalue weighted by Gasteiger charge is 2.02. The molecule has 0 spiro atoms.